The van der Waals surface area contributed by atoms with E-state index in [0.717, 1.165) is 32.2 Å². The molecular formula is C19H19F2N5O. The fourth-order valence-electron chi connectivity index (χ4n) is 3.29. The number of carbonyl (C=O) groups excluding carboxylic acids is 1. The minimum Gasteiger partial charge on any atom is -0.367 e. The average Bonchev–Trinajstić information content (AvgIpc) is 3.14. The number of fused-ring (bicyclic) bond motifs is 1. The third-order valence-corrected chi connectivity index (χ3v) is 4.66. The lowest BCUT2D eigenvalue weighted by Crippen LogP contribution is -2.43. The van der Waals surface area contributed by atoms with Gasteiger partial charge in [0.15, 0.2) is 0 Å². The number of carbonyl (C=O) groups is 1. The van der Waals surface area contributed by atoms with Crippen LogP contribution in [0, 0.1) is 11.6 Å². The lowest BCUT2D eigenvalue weighted by atomic mass is 10.1. The molecule has 1 aliphatic rings. The Hall–Kier alpha value is -3.00. The van der Waals surface area contributed by atoms with Crippen LogP contribution >= 0.6 is 0 Å². The van der Waals surface area contributed by atoms with Gasteiger partial charge in [-0.3, -0.25) is 4.79 Å². The molecule has 0 radical (unpaired) electrons. The molecule has 2 aromatic carbocycles. The molecule has 0 spiro atoms. The number of rotatable bonds is 4. The number of H-pyrrole nitrogens is 1. The number of nitrogens with zero attached hydrogens (tertiary/aromatic N) is 2. The molecule has 0 atom stereocenters. The number of halogens is 2. The zero-order valence-corrected chi connectivity index (χ0v) is 14.6. The normalized spacial score (nSPS) is 14.5. The van der Waals surface area contributed by atoms with Gasteiger partial charge >= 0.3 is 0 Å². The topological polar surface area (TPSA) is 73.1 Å². The van der Waals surface area contributed by atoms with E-state index in [1.807, 2.05) is 4.90 Å². The second-order valence-corrected chi connectivity index (χ2v) is 6.46. The van der Waals surface area contributed by atoms with Crippen molar-refractivity contribution >= 4 is 22.6 Å². The zero-order valence-electron chi connectivity index (χ0n) is 14.6. The number of imidazole rings is 1. The highest BCUT2D eigenvalue weighted by atomic mass is 19.1. The summed E-state index contributed by atoms with van der Waals surface area (Å²) >= 11 is 0. The fraction of sp³-hybridized carbons (Fsp3) is 0.263. The Labute approximate surface area is 154 Å². The molecule has 1 amide bonds. The Bertz CT molecular complexity index is 981. The van der Waals surface area contributed by atoms with Gasteiger partial charge in [-0.15, -0.1) is 0 Å². The predicted octanol–water partition coefficient (Wildman–Crippen LogP) is 2.18. The summed E-state index contributed by atoms with van der Waals surface area (Å²) in [5.41, 5.74) is 2.19. The number of aromatic amines is 1. The van der Waals surface area contributed by atoms with E-state index in [1.165, 1.54) is 18.5 Å². The SMILES string of the molecule is O=C(NCc1ccc(N2CCNCC2)c(F)c1)c1cc(F)cc2[nH]cnc12. The third-order valence-electron chi connectivity index (χ3n) is 4.66. The largest absolute Gasteiger partial charge is 0.367 e. The first-order valence-electron chi connectivity index (χ1n) is 8.77. The Balaban J connectivity index is 1.47. The van der Waals surface area contributed by atoms with Crippen molar-refractivity contribution in [1.82, 2.24) is 20.6 Å². The maximum Gasteiger partial charge on any atom is 0.253 e. The zero-order chi connectivity index (χ0) is 18.8. The maximum absolute atomic E-state index is 14.5. The van der Waals surface area contributed by atoms with Crippen LogP contribution in [0.25, 0.3) is 11.0 Å². The van der Waals surface area contributed by atoms with Crippen LogP contribution in [0.15, 0.2) is 36.7 Å². The summed E-state index contributed by atoms with van der Waals surface area (Å²) in [7, 11) is 0. The molecule has 6 nitrogen and oxygen atoms in total. The highest BCUT2D eigenvalue weighted by Crippen LogP contribution is 2.21. The highest BCUT2D eigenvalue weighted by molar-refractivity contribution is 6.04. The van der Waals surface area contributed by atoms with Crippen molar-refractivity contribution in [3.05, 3.63) is 59.4 Å². The van der Waals surface area contributed by atoms with Crippen molar-refractivity contribution in [2.75, 3.05) is 31.1 Å². The van der Waals surface area contributed by atoms with Crippen molar-refractivity contribution < 1.29 is 13.6 Å². The number of hydrogen-bond donors (Lipinski definition) is 3. The standard InChI is InChI=1S/C19H19F2N5O/c20-13-8-14(18-16(9-13)24-11-25-18)19(27)23-10-12-1-2-17(15(21)7-12)26-5-3-22-4-6-26/h1-2,7-9,11,22H,3-6,10H2,(H,23,27)(H,24,25). The van der Waals surface area contributed by atoms with Gasteiger partial charge in [-0.2, -0.15) is 0 Å². The van der Waals surface area contributed by atoms with Gasteiger partial charge in [-0.05, 0) is 29.8 Å². The number of aromatic nitrogens is 2. The van der Waals surface area contributed by atoms with Gasteiger partial charge in [0.1, 0.15) is 17.2 Å². The second-order valence-electron chi connectivity index (χ2n) is 6.46. The van der Waals surface area contributed by atoms with E-state index >= 15 is 0 Å². The molecule has 3 N–H and O–H groups in total. The lowest BCUT2D eigenvalue weighted by molar-refractivity contribution is 0.0952. The van der Waals surface area contributed by atoms with Crippen molar-refractivity contribution in [2.24, 2.45) is 0 Å². The van der Waals surface area contributed by atoms with Gasteiger partial charge in [0.05, 0.1) is 23.1 Å². The van der Waals surface area contributed by atoms with E-state index in [0.29, 0.717) is 22.3 Å². The molecule has 140 valence electrons. The molecule has 3 aromatic rings. The lowest BCUT2D eigenvalue weighted by Gasteiger charge is -2.29. The van der Waals surface area contributed by atoms with Crippen LogP contribution in [0.5, 0.6) is 0 Å². The van der Waals surface area contributed by atoms with Crippen LogP contribution in [0.4, 0.5) is 14.5 Å². The summed E-state index contributed by atoms with van der Waals surface area (Å²) in [6, 6.07) is 7.37. The minimum atomic E-state index is -0.525. The molecule has 1 fully saturated rings. The molecule has 0 saturated carbocycles. The average molecular weight is 371 g/mol. The number of benzene rings is 2. The number of nitrogens with one attached hydrogen (secondary N) is 3. The quantitative estimate of drug-likeness (QED) is 0.657. The molecule has 0 aliphatic carbocycles. The number of amides is 1. The molecule has 1 aliphatic heterocycles. The van der Waals surface area contributed by atoms with Crippen LogP contribution in [0.1, 0.15) is 15.9 Å². The Kier molecular flexibility index (Phi) is 4.72. The molecule has 1 aromatic heterocycles. The van der Waals surface area contributed by atoms with Crippen LogP contribution < -0.4 is 15.5 Å². The second kappa shape index (κ2) is 7.32. The van der Waals surface area contributed by atoms with Gasteiger partial charge in [-0.1, -0.05) is 6.07 Å². The summed E-state index contributed by atoms with van der Waals surface area (Å²) in [5.74, 6) is -1.30. The summed E-state index contributed by atoms with van der Waals surface area (Å²) < 4.78 is 28.1. The van der Waals surface area contributed by atoms with Crippen LogP contribution in [0.3, 0.4) is 0 Å². The Morgan fingerprint density at radius 2 is 2.00 bits per heavy atom. The number of hydrogen-bond acceptors (Lipinski definition) is 4. The summed E-state index contributed by atoms with van der Waals surface area (Å²) in [5, 5.41) is 5.93. The summed E-state index contributed by atoms with van der Waals surface area (Å²) in [4.78, 5) is 21.3. The first kappa shape index (κ1) is 17.4. The van der Waals surface area contributed by atoms with E-state index < -0.39 is 11.7 Å². The molecular weight excluding hydrogens is 352 g/mol. The number of anilines is 1. The Morgan fingerprint density at radius 1 is 1.19 bits per heavy atom. The fourth-order valence-corrected chi connectivity index (χ4v) is 3.29. The highest BCUT2D eigenvalue weighted by Gasteiger charge is 2.16. The van der Waals surface area contributed by atoms with E-state index in [1.54, 1.807) is 12.1 Å². The molecule has 8 heteroatoms. The Morgan fingerprint density at radius 3 is 2.78 bits per heavy atom. The van der Waals surface area contributed by atoms with Crippen molar-refractivity contribution in [3.8, 4) is 0 Å². The smallest absolute Gasteiger partial charge is 0.253 e. The summed E-state index contributed by atoms with van der Waals surface area (Å²) in [6.07, 6.45) is 1.41. The van der Waals surface area contributed by atoms with E-state index in [4.69, 9.17) is 0 Å². The first-order chi connectivity index (χ1) is 13.1. The van der Waals surface area contributed by atoms with Crippen LogP contribution in [-0.4, -0.2) is 42.1 Å². The number of piperazine rings is 1. The van der Waals surface area contributed by atoms with Gasteiger partial charge in [0.2, 0.25) is 0 Å². The van der Waals surface area contributed by atoms with Gasteiger partial charge in [0.25, 0.3) is 5.91 Å². The van der Waals surface area contributed by atoms with Gasteiger partial charge in [0, 0.05) is 32.7 Å². The van der Waals surface area contributed by atoms with E-state index in [9.17, 15) is 13.6 Å². The van der Waals surface area contributed by atoms with E-state index in [-0.39, 0.29) is 17.9 Å². The molecule has 0 bridgehead atoms. The van der Waals surface area contributed by atoms with Crippen LogP contribution in [-0.2, 0) is 6.54 Å². The first-order valence-corrected chi connectivity index (χ1v) is 8.77. The molecule has 27 heavy (non-hydrogen) atoms. The molecule has 1 saturated heterocycles. The maximum atomic E-state index is 14.5. The van der Waals surface area contributed by atoms with Crippen LogP contribution in [0.2, 0.25) is 0 Å². The van der Waals surface area contributed by atoms with Crippen molar-refractivity contribution in [2.45, 2.75) is 6.54 Å². The predicted molar refractivity (Wildman–Crippen MR) is 98.7 cm³/mol. The molecule has 0 unspecified atom stereocenters. The van der Waals surface area contributed by atoms with Gasteiger partial charge < -0.3 is 20.5 Å². The van der Waals surface area contributed by atoms with Crippen molar-refractivity contribution in [3.63, 3.8) is 0 Å². The van der Waals surface area contributed by atoms with Gasteiger partial charge in [-0.25, -0.2) is 13.8 Å². The monoisotopic (exact) mass is 371 g/mol. The molecule has 2 heterocycles. The minimum absolute atomic E-state index is 0.139. The van der Waals surface area contributed by atoms with E-state index in [2.05, 4.69) is 20.6 Å². The molecule has 4 rings (SSSR count). The van der Waals surface area contributed by atoms with Crippen molar-refractivity contribution in [1.29, 1.82) is 0 Å². The third kappa shape index (κ3) is 3.61. The summed E-state index contributed by atoms with van der Waals surface area (Å²) in [6.45, 7) is 3.30.